The molecule has 16 heavy (non-hydrogen) atoms. The highest BCUT2D eigenvalue weighted by Crippen LogP contribution is 2.05. The van der Waals surface area contributed by atoms with Crippen LogP contribution in [0, 0.1) is 6.92 Å². The normalized spacial score (nSPS) is 13.0. The third-order valence-corrected chi connectivity index (χ3v) is 2.36. The Morgan fingerprint density at radius 1 is 1.50 bits per heavy atom. The first-order valence-corrected chi connectivity index (χ1v) is 5.95. The molecule has 4 heteroatoms. The van der Waals surface area contributed by atoms with Crippen LogP contribution in [0.25, 0.3) is 0 Å². The molecule has 0 aliphatic heterocycles. The zero-order valence-corrected chi connectivity index (χ0v) is 10.4. The summed E-state index contributed by atoms with van der Waals surface area (Å²) in [4.78, 5) is 4.39. The minimum atomic E-state index is -0.453. The number of aryl methyl sites for hydroxylation is 2. The topological polar surface area (TPSA) is 47.3 Å². The van der Waals surface area contributed by atoms with E-state index in [-0.39, 0.29) is 0 Å². The molecule has 0 saturated carbocycles. The molecule has 1 aromatic rings. The van der Waals surface area contributed by atoms with Gasteiger partial charge in [0.15, 0.2) is 0 Å². The molecule has 0 saturated heterocycles. The highest BCUT2D eigenvalue weighted by molar-refractivity contribution is 5.02. The standard InChI is InChI=1S/C12H22N2O2/c1-4-6-16-9-11(15)8-14-7-10(3)13-12(14)5-2/h7,11,15H,4-6,8-9H2,1-3H3. The van der Waals surface area contributed by atoms with E-state index in [1.807, 2.05) is 17.7 Å². The second-order valence-electron chi connectivity index (χ2n) is 4.03. The number of imidazole rings is 1. The van der Waals surface area contributed by atoms with Crippen molar-refractivity contribution in [1.82, 2.24) is 9.55 Å². The minimum absolute atomic E-state index is 0.397. The van der Waals surface area contributed by atoms with Crippen molar-refractivity contribution in [1.29, 1.82) is 0 Å². The lowest BCUT2D eigenvalue weighted by molar-refractivity contribution is 0.0280. The zero-order chi connectivity index (χ0) is 12.0. The number of rotatable bonds is 7. The molecule has 0 aromatic carbocycles. The summed E-state index contributed by atoms with van der Waals surface area (Å²) in [7, 11) is 0. The summed E-state index contributed by atoms with van der Waals surface area (Å²) in [6.07, 6.45) is 3.39. The second-order valence-corrected chi connectivity index (χ2v) is 4.03. The fraction of sp³-hybridized carbons (Fsp3) is 0.750. The molecule has 0 amide bonds. The van der Waals surface area contributed by atoms with Crippen LogP contribution in [-0.4, -0.2) is 34.0 Å². The van der Waals surface area contributed by atoms with Gasteiger partial charge in [-0.1, -0.05) is 13.8 Å². The first-order chi connectivity index (χ1) is 7.67. The first-order valence-electron chi connectivity index (χ1n) is 5.95. The van der Waals surface area contributed by atoms with Crippen LogP contribution < -0.4 is 0 Å². The fourth-order valence-electron chi connectivity index (χ4n) is 1.68. The molecule has 92 valence electrons. The molecule has 1 N–H and O–H groups in total. The molecule has 1 aromatic heterocycles. The number of aromatic nitrogens is 2. The van der Waals surface area contributed by atoms with Gasteiger partial charge in [-0.15, -0.1) is 0 Å². The lowest BCUT2D eigenvalue weighted by atomic mass is 10.3. The van der Waals surface area contributed by atoms with Crippen LogP contribution in [0.15, 0.2) is 6.20 Å². The molecule has 0 fully saturated rings. The van der Waals surface area contributed by atoms with Crippen molar-refractivity contribution in [3.8, 4) is 0 Å². The van der Waals surface area contributed by atoms with Crippen LogP contribution in [0.5, 0.6) is 0 Å². The minimum Gasteiger partial charge on any atom is -0.389 e. The van der Waals surface area contributed by atoms with E-state index in [2.05, 4.69) is 18.8 Å². The average molecular weight is 226 g/mol. The van der Waals surface area contributed by atoms with Gasteiger partial charge in [-0.25, -0.2) is 4.98 Å². The van der Waals surface area contributed by atoms with Gasteiger partial charge in [-0.05, 0) is 13.3 Å². The van der Waals surface area contributed by atoms with Crippen molar-refractivity contribution in [2.45, 2.75) is 46.3 Å². The number of ether oxygens (including phenoxy) is 1. The number of aliphatic hydroxyl groups excluding tert-OH is 1. The van der Waals surface area contributed by atoms with E-state index >= 15 is 0 Å². The van der Waals surface area contributed by atoms with Crippen molar-refractivity contribution >= 4 is 0 Å². The van der Waals surface area contributed by atoms with Crippen molar-refractivity contribution < 1.29 is 9.84 Å². The van der Waals surface area contributed by atoms with Crippen molar-refractivity contribution in [2.75, 3.05) is 13.2 Å². The van der Waals surface area contributed by atoms with Crippen LogP contribution in [0.4, 0.5) is 0 Å². The lowest BCUT2D eigenvalue weighted by Crippen LogP contribution is -2.22. The number of hydrogen-bond donors (Lipinski definition) is 1. The van der Waals surface area contributed by atoms with Crippen molar-refractivity contribution in [3.05, 3.63) is 17.7 Å². The fourth-order valence-corrected chi connectivity index (χ4v) is 1.68. The van der Waals surface area contributed by atoms with Crippen molar-refractivity contribution in [2.24, 2.45) is 0 Å². The Hall–Kier alpha value is -0.870. The molecule has 1 rings (SSSR count). The maximum Gasteiger partial charge on any atom is 0.108 e. The molecule has 0 aliphatic rings. The third kappa shape index (κ3) is 3.94. The van der Waals surface area contributed by atoms with E-state index in [0.717, 1.165) is 24.4 Å². The van der Waals surface area contributed by atoms with Gasteiger partial charge in [0.05, 0.1) is 24.9 Å². The Kier molecular flexibility index (Phi) is 5.49. The van der Waals surface area contributed by atoms with Gasteiger partial charge >= 0.3 is 0 Å². The smallest absolute Gasteiger partial charge is 0.108 e. The summed E-state index contributed by atoms with van der Waals surface area (Å²) >= 11 is 0. The Morgan fingerprint density at radius 2 is 2.25 bits per heavy atom. The van der Waals surface area contributed by atoms with Crippen molar-refractivity contribution in [3.63, 3.8) is 0 Å². The molecule has 1 unspecified atom stereocenters. The summed E-state index contributed by atoms with van der Waals surface area (Å²) in [5, 5.41) is 9.78. The van der Waals surface area contributed by atoms with Crippen LogP contribution in [0.3, 0.4) is 0 Å². The summed E-state index contributed by atoms with van der Waals surface area (Å²) in [5.74, 6) is 1.02. The van der Waals surface area contributed by atoms with Crippen LogP contribution >= 0.6 is 0 Å². The Balaban J connectivity index is 2.45. The average Bonchev–Trinajstić information content (AvgIpc) is 2.59. The molecule has 4 nitrogen and oxygen atoms in total. The van der Waals surface area contributed by atoms with Crippen LogP contribution in [-0.2, 0) is 17.7 Å². The third-order valence-electron chi connectivity index (χ3n) is 2.36. The van der Waals surface area contributed by atoms with E-state index in [0.29, 0.717) is 19.8 Å². The Labute approximate surface area is 97.3 Å². The Morgan fingerprint density at radius 3 is 2.88 bits per heavy atom. The number of hydrogen-bond acceptors (Lipinski definition) is 3. The molecule has 0 spiro atoms. The summed E-state index contributed by atoms with van der Waals surface area (Å²) in [6, 6.07) is 0. The van der Waals surface area contributed by atoms with E-state index in [1.54, 1.807) is 0 Å². The molecule has 1 atom stereocenters. The van der Waals surface area contributed by atoms with Gasteiger partial charge in [0.25, 0.3) is 0 Å². The van der Waals surface area contributed by atoms with E-state index in [9.17, 15) is 5.11 Å². The van der Waals surface area contributed by atoms with Gasteiger partial charge in [-0.2, -0.15) is 0 Å². The largest absolute Gasteiger partial charge is 0.389 e. The van der Waals surface area contributed by atoms with Gasteiger partial charge in [0, 0.05) is 19.2 Å². The Bertz CT molecular complexity index is 310. The highest BCUT2D eigenvalue weighted by atomic mass is 16.5. The zero-order valence-electron chi connectivity index (χ0n) is 10.4. The van der Waals surface area contributed by atoms with Gasteiger partial charge in [0.1, 0.15) is 5.82 Å². The summed E-state index contributed by atoms with van der Waals surface area (Å²) in [6.45, 7) is 7.76. The number of aliphatic hydroxyl groups is 1. The molecule has 0 radical (unpaired) electrons. The van der Waals surface area contributed by atoms with E-state index in [1.165, 1.54) is 0 Å². The maximum atomic E-state index is 9.78. The predicted molar refractivity (Wildman–Crippen MR) is 63.5 cm³/mol. The van der Waals surface area contributed by atoms with Crippen LogP contribution in [0.1, 0.15) is 31.8 Å². The van der Waals surface area contributed by atoms with Crippen LogP contribution in [0.2, 0.25) is 0 Å². The molecule has 0 bridgehead atoms. The highest BCUT2D eigenvalue weighted by Gasteiger charge is 2.09. The maximum absolute atomic E-state index is 9.78. The van der Waals surface area contributed by atoms with E-state index < -0.39 is 6.10 Å². The SMILES string of the molecule is CCCOCC(O)Cn1cc(C)nc1CC. The van der Waals surface area contributed by atoms with E-state index in [4.69, 9.17) is 4.74 Å². The molecular weight excluding hydrogens is 204 g/mol. The van der Waals surface area contributed by atoms with Gasteiger partial charge in [0.2, 0.25) is 0 Å². The predicted octanol–water partition coefficient (Wildman–Crippen LogP) is 1.54. The molecule has 1 heterocycles. The molecular formula is C12H22N2O2. The quantitative estimate of drug-likeness (QED) is 0.717. The monoisotopic (exact) mass is 226 g/mol. The van der Waals surface area contributed by atoms with Gasteiger partial charge < -0.3 is 14.4 Å². The number of nitrogens with zero attached hydrogens (tertiary/aromatic N) is 2. The lowest BCUT2D eigenvalue weighted by Gasteiger charge is -2.13. The summed E-state index contributed by atoms with van der Waals surface area (Å²) in [5.41, 5.74) is 0.999. The van der Waals surface area contributed by atoms with Gasteiger partial charge in [-0.3, -0.25) is 0 Å². The first kappa shape index (κ1) is 13.2. The summed E-state index contributed by atoms with van der Waals surface area (Å²) < 4.78 is 7.32. The molecule has 0 aliphatic carbocycles. The second kappa shape index (κ2) is 6.66.